The van der Waals surface area contributed by atoms with Gasteiger partial charge in [0.15, 0.2) is 5.11 Å². The molecule has 0 aliphatic heterocycles. The minimum absolute atomic E-state index is 0.108. The summed E-state index contributed by atoms with van der Waals surface area (Å²) >= 11 is 6.59. The van der Waals surface area contributed by atoms with Crippen LogP contribution >= 0.6 is 23.6 Å². The number of benzene rings is 1. The van der Waals surface area contributed by atoms with Crippen LogP contribution in [-0.4, -0.2) is 42.1 Å². The molecule has 0 saturated heterocycles. The maximum atomic E-state index is 12.8. The van der Waals surface area contributed by atoms with E-state index in [1.54, 1.807) is 11.8 Å². The molecule has 0 bridgehead atoms. The molecule has 1 aromatic heterocycles. The predicted molar refractivity (Wildman–Crippen MR) is 119 cm³/mol. The van der Waals surface area contributed by atoms with E-state index in [0.717, 1.165) is 11.3 Å². The molecule has 150 valence electrons. The van der Waals surface area contributed by atoms with Crippen molar-refractivity contribution in [1.29, 1.82) is 0 Å². The minimum Gasteiger partial charge on any atom is -0.465 e. The molecular weight excluding hydrogens is 394 g/mol. The molecule has 2 aromatic rings. The Morgan fingerprint density at radius 1 is 1.11 bits per heavy atom. The van der Waals surface area contributed by atoms with Crippen LogP contribution < -0.4 is 10.6 Å². The van der Waals surface area contributed by atoms with Crippen molar-refractivity contribution in [3.05, 3.63) is 45.8 Å². The normalized spacial score (nSPS) is 10.3. The Balaban J connectivity index is 2.32. The molecule has 0 spiro atoms. The molecule has 0 aliphatic carbocycles. The van der Waals surface area contributed by atoms with Crippen LogP contribution in [0.15, 0.2) is 24.3 Å². The SMILES string of the molecule is CCN(CC)C(=O)c1sc(NC(=S)Nc2ccc(C)cc2)c(C(=O)OC)c1C. The number of anilines is 2. The molecule has 0 unspecified atom stereocenters. The van der Waals surface area contributed by atoms with Crippen LogP contribution in [0, 0.1) is 13.8 Å². The second kappa shape index (κ2) is 9.66. The maximum Gasteiger partial charge on any atom is 0.341 e. The molecule has 8 heteroatoms. The van der Waals surface area contributed by atoms with Crippen molar-refractivity contribution in [3.8, 4) is 0 Å². The molecule has 0 fully saturated rings. The highest BCUT2D eigenvalue weighted by molar-refractivity contribution is 7.80. The number of hydrogen-bond acceptors (Lipinski definition) is 5. The summed E-state index contributed by atoms with van der Waals surface area (Å²) in [6, 6.07) is 7.78. The number of rotatable bonds is 6. The van der Waals surface area contributed by atoms with Crippen LogP contribution in [0.1, 0.15) is 45.0 Å². The first-order chi connectivity index (χ1) is 13.3. The van der Waals surface area contributed by atoms with E-state index in [2.05, 4.69) is 10.6 Å². The highest BCUT2D eigenvalue weighted by Gasteiger charge is 2.27. The molecule has 1 amide bonds. The summed E-state index contributed by atoms with van der Waals surface area (Å²) < 4.78 is 4.92. The van der Waals surface area contributed by atoms with Gasteiger partial charge in [0, 0.05) is 18.8 Å². The van der Waals surface area contributed by atoms with Crippen LogP contribution in [0.3, 0.4) is 0 Å². The van der Waals surface area contributed by atoms with Crippen molar-refractivity contribution < 1.29 is 14.3 Å². The lowest BCUT2D eigenvalue weighted by molar-refractivity contribution is 0.0601. The third-order valence-corrected chi connectivity index (χ3v) is 5.72. The first-order valence-electron chi connectivity index (χ1n) is 8.97. The number of aryl methyl sites for hydroxylation is 1. The Morgan fingerprint density at radius 3 is 2.25 bits per heavy atom. The molecule has 0 radical (unpaired) electrons. The summed E-state index contributed by atoms with van der Waals surface area (Å²) in [5.41, 5.74) is 2.90. The number of thiocarbonyl (C=S) groups is 1. The van der Waals surface area contributed by atoms with E-state index < -0.39 is 5.97 Å². The van der Waals surface area contributed by atoms with Crippen molar-refractivity contribution in [2.75, 3.05) is 30.8 Å². The quantitative estimate of drug-likeness (QED) is 0.533. The molecule has 0 saturated carbocycles. The highest BCUT2D eigenvalue weighted by Crippen LogP contribution is 2.34. The van der Waals surface area contributed by atoms with Crippen LogP contribution in [0.5, 0.6) is 0 Å². The van der Waals surface area contributed by atoms with Crippen molar-refractivity contribution >= 4 is 51.2 Å². The second-order valence-electron chi connectivity index (χ2n) is 6.17. The molecular formula is C20H25N3O3S2. The number of methoxy groups -OCH3 is 1. The van der Waals surface area contributed by atoms with Gasteiger partial charge in [0.05, 0.1) is 17.6 Å². The van der Waals surface area contributed by atoms with E-state index in [9.17, 15) is 9.59 Å². The zero-order valence-corrected chi connectivity index (χ0v) is 18.3. The molecule has 0 aliphatic rings. The topological polar surface area (TPSA) is 70.7 Å². The Kier molecular flexibility index (Phi) is 7.53. The summed E-state index contributed by atoms with van der Waals surface area (Å²) in [5.74, 6) is -0.615. The average Bonchev–Trinajstić information content (AvgIpc) is 2.99. The van der Waals surface area contributed by atoms with Gasteiger partial charge in [0.25, 0.3) is 5.91 Å². The molecule has 6 nitrogen and oxygen atoms in total. The van der Waals surface area contributed by atoms with Gasteiger partial charge < -0.3 is 20.3 Å². The number of ether oxygens (including phenoxy) is 1. The lowest BCUT2D eigenvalue weighted by Gasteiger charge is -2.17. The van der Waals surface area contributed by atoms with E-state index in [0.29, 0.717) is 39.2 Å². The Hall–Kier alpha value is -2.45. The number of amides is 1. The first kappa shape index (κ1) is 21.8. The summed E-state index contributed by atoms with van der Waals surface area (Å²) in [7, 11) is 1.32. The van der Waals surface area contributed by atoms with Crippen molar-refractivity contribution in [2.45, 2.75) is 27.7 Å². The van der Waals surface area contributed by atoms with Gasteiger partial charge in [0.2, 0.25) is 0 Å². The number of hydrogen-bond donors (Lipinski definition) is 2. The van der Waals surface area contributed by atoms with Crippen LogP contribution in [-0.2, 0) is 4.74 Å². The summed E-state index contributed by atoms with van der Waals surface area (Å²) in [6.07, 6.45) is 0. The van der Waals surface area contributed by atoms with E-state index in [4.69, 9.17) is 17.0 Å². The van der Waals surface area contributed by atoms with Gasteiger partial charge in [-0.05, 0) is 57.6 Å². The fourth-order valence-electron chi connectivity index (χ4n) is 2.71. The highest BCUT2D eigenvalue weighted by atomic mass is 32.1. The maximum absolute atomic E-state index is 12.8. The Morgan fingerprint density at radius 2 is 1.71 bits per heavy atom. The number of thiophene rings is 1. The lowest BCUT2D eigenvalue weighted by atomic mass is 10.1. The number of carbonyl (C=O) groups is 2. The summed E-state index contributed by atoms with van der Waals surface area (Å²) in [4.78, 5) is 27.4. The zero-order chi connectivity index (χ0) is 20.8. The summed E-state index contributed by atoms with van der Waals surface area (Å²) in [5, 5.41) is 6.95. The molecule has 1 heterocycles. The monoisotopic (exact) mass is 419 g/mol. The minimum atomic E-state index is -0.506. The van der Waals surface area contributed by atoms with Gasteiger partial charge in [-0.2, -0.15) is 0 Å². The van der Waals surface area contributed by atoms with E-state index in [1.807, 2.05) is 45.0 Å². The van der Waals surface area contributed by atoms with Crippen molar-refractivity contribution in [1.82, 2.24) is 4.90 Å². The standard InChI is InChI=1S/C20H25N3O3S2/c1-6-23(7-2)18(24)16-13(4)15(19(25)26-5)17(28-16)22-20(27)21-14-10-8-12(3)9-11-14/h8-11H,6-7H2,1-5H3,(H2,21,22,27). The first-order valence-corrected chi connectivity index (χ1v) is 10.2. The van der Waals surface area contributed by atoms with Crippen molar-refractivity contribution in [3.63, 3.8) is 0 Å². The van der Waals surface area contributed by atoms with E-state index in [1.165, 1.54) is 18.4 Å². The predicted octanol–water partition coefficient (Wildman–Crippen LogP) is 4.44. The number of nitrogens with one attached hydrogen (secondary N) is 2. The number of carbonyl (C=O) groups excluding carboxylic acids is 2. The van der Waals surface area contributed by atoms with E-state index in [-0.39, 0.29) is 5.91 Å². The number of nitrogens with zero attached hydrogens (tertiary/aromatic N) is 1. The van der Waals surface area contributed by atoms with Crippen LogP contribution in [0.4, 0.5) is 10.7 Å². The van der Waals surface area contributed by atoms with Crippen LogP contribution in [0.25, 0.3) is 0 Å². The largest absolute Gasteiger partial charge is 0.465 e. The number of esters is 1. The second-order valence-corrected chi connectivity index (χ2v) is 7.60. The van der Waals surface area contributed by atoms with Crippen LogP contribution in [0.2, 0.25) is 0 Å². The van der Waals surface area contributed by atoms with Gasteiger partial charge >= 0.3 is 5.97 Å². The zero-order valence-electron chi connectivity index (χ0n) is 16.7. The van der Waals surface area contributed by atoms with Crippen molar-refractivity contribution in [2.24, 2.45) is 0 Å². The smallest absolute Gasteiger partial charge is 0.341 e. The van der Waals surface area contributed by atoms with Gasteiger partial charge in [-0.3, -0.25) is 4.79 Å². The third kappa shape index (κ3) is 4.88. The van der Waals surface area contributed by atoms with E-state index >= 15 is 0 Å². The Bertz CT molecular complexity index is 872. The molecule has 2 N–H and O–H groups in total. The molecule has 0 atom stereocenters. The molecule has 1 aromatic carbocycles. The molecule has 2 rings (SSSR count). The van der Waals surface area contributed by atoms with Gasteiger partial charge in [-0.25, -0.2) is 4.79 Å². The van der Waals surface area contributed by atoms with Gasteiger partial charge in [-0.1, -0.05) is 17.7 Å². The lowest BCUT2D eigenvalue weighted by Crippen LogP contribution is -2.30. The fourth-order valence-corrected chi connectivity index (χ4v) is 4.16. The van der Waals surface area contributed by atoms with Gasteiger partial charge in [-0.15, -0.1) is 11.3 Å². The molecule has 28 heavy (non-hydrogen) atoms. The average molecular weight is 420 g/mol. The Labute approximate surface area is 174 Å². The fraction of sp³-hybridized carbons (Fsp3) is 0.350. The van der Waals surface area contributed by atoms with Gasteiger partial charge in [0.1, 0.15) is 5.00 Å². The third-order valence-electron chi connectivity index (χ3n) is 4.32. The summed E-state index contributed by atoms with van der Waals surface area (Å²) in [6.45, 7) is 8.79.